The van der Waals surface area contributed by atoms with E-state index in [0.29, 0.717) is 22.7 Å². The summed E-state index contributed by atoms with van der Waals surface area (Å²) in [5.41, 5.74) is 2.38. The molecule has 0 aliphatic heterocycles. The molecular weight excluding hydrogens is 489 g/mol. The minimum atomic E-state index is -4.77. The first kappa shape index (κ1) is 24.7. The molecule has 1 fully saturated rings. The molecule has 4 aromatic rings. The highest BCUT2D eigenvalue weighted by molar-refractivity contribution is 5.81. The minimum Gasteiger partial charge on any atom is -0.487 e. The summed E-state index contributed by atoms with van der Waals surface area (Å²) in [6.45, 7) is 4.33. The van der Waals surface area contributed by atoms with E-state index in [0.717, 1.165) is 11.2 Å². The molecule has 0 bridgehead atoms. The Morgan fingerprint density at radius 2 is 1.81 bits per heavy atom. The standard InChI is InChI=1S/C26H25F3N4O4/c1-25(2)21(22(25)24(34)35)23-30-19-9-8-18(36-14-16-10-11-32(3)31-16)12-20(19)33(23)13-15-4-6-17(7-5-15)37-26(27,28)29/h4-12,21-22H,13-14H2,1-3H3,(H,34,35)/t21-,22+/m1/s1. The number of ether oxygens (including phenoxy) is 2. The van der Waals surface area contributed by atoms with Crippen LogP contribution >= 0.6 is 0 Å². The lowest BCUT2D eigenvalue weighted by atomic mass is 10.1. The Balaban J connectivity index is 1.49. The van der Waals surface area contributed by atoms with Gasteiger partial charge in [0.15, 0.2) is 0 Å². The molecule has 0 radical (unpaired) electrons. The fraction of sp³-hybridized carbons (Fsp3) is 0.346. The molecular formula is C26H25F3N4O4. The van der Waals surface area contributed by atoms with Crippen LogP contribution in [0.1, 0.15) is 36.8 Å². The number of alkyl halides is 3. The molecule has 8 nitrogen and oxygen atoms in total. The quantitative estimate of drug-likeness (QED) is 0.351. The summed E-state index contributed by atoms with van der Waals surface area (Å²) in [6, 6.07) is 12.9. The number of hydrogen-bond acceptors (Lipinski definition) is 5. The lowest BCUT2D eigenvalue weighted by molar-refractivity contribution is -0.274. The van der Waals surface area contributed by atoms with E-state index in [2.05, 4.69) is 9.84 Å². The zero-order valence-electron chi connectivity index (χ0n) is 20.4. The second kappa shape index (κ2) is 8.82. The normalized spacial score (nSPS) is 18.6. The molecule has 1 N–H and O–H groups in total. The summed E-state index contributed by atoms with van der Waals surface area (Å²) in [5, 5.41) is 14.1. The van der Waals surface area contributed by atoms with Crippen LogP contribution < -0.4 is 9.47 Å². The molecule has 0 spiro atoms. The first-order chi connectivity index (χ1) is 17.4. The number of aryl methyl sites for hydroxylation is 1. The van der Waals surface area contributed by atoms with Gasteiger partial charge in [-0.1, -0.05) is 26.0 Å². The summed E-state index contributed by atoms with van der Waals surface area (Å²) in [4.78, 5) is 16.7. The van der Waals surface area contributed by atoms with Crippen molar-refractivity contribution in [1.82, 2.24) is 19.3 Å². The van der Waals surface area contributed by atoms with Gasteiger partial charge < -0.3 is 19.1 Å². The maximum Gasteiger partial charge on any atom is 0.573 e. The van der Waals surface area contributed by atoms with E-state index in [4.69, 9.17) is 9.72 Å². The van der Waals surface area contributed by atoms with Gasteiger partial charge in [0.1, 0.15) is 23.9 Å². The fourth-order valence-corrected chi connectivity index (χ4v) is 4.87. The van der Waals surface area contributed by atoms with Gasteiger partial charge >= 0.3 is 12.3 Å². The number of nitrogens with zero attached hydrogens (tertiary/aromatic N) is 4. The second-order valence-electron chi connectivity index (χ2n) is 9.78. The summed E-state index contributed by atoms with van der Waals surface area (Å²) < 4.78 is 51.2. The van der Waals surface area contributed by atoms with Crippen molar-refractivity contribution in [2.24, 2.45) is 18.4 Å². The highest BCUT2D eigenvalue weighted by Crippen LogP contribution is 2.64. The average molecular weight is 515 g/mol. The van der Waals surface area contributed by atoms with Crippen molar-refractivity contribution < 1.29 is 32.5 Å². The Bertz CT molecular complexity index is 1460. The largest absolute Gasteiger partial charge is 0.573 e. The van der Waals surface area contributed by atoms with Crippen molar-refractivity contribution in [3.05, 3.63) is 71.8 Å². The van der Waals surface area contributed by atoms with Crippen molar-refractivity contribution in [1.29, 1.82) is 0 Å². The second-order valence-corrected chi connectivity index (χ2v) is 9.78. The number of hydrogen-bond donors (Lipinski definition) is 1. The highest BCUT2D eigenvalue weighted by atomic mass is 19.4. The van der Waals surface area contributed by atoms with Crippen molar-refractivity contribution >= 4 is 17.0 Å². The molecule has 11 heteroatoms. The number of carbonyl (C=O) groups is 1. The van der Waals surface area contributed by atoms with Gasteiger partial charge in [-0.25, -0.2) is 4.98 Å². The Morgan fingerprint density at radius 3 is 2.41 bits per heavy atom. The van der Waals surface area contributed by atoms with E-state index in [1.165, 1.54) is 12.1 Å². The van der Waals surface area contributed by atoms with E-state index in [1.807, 2.05) is 49.9 Å². The van der Waals surface area contributed by atoms with Crippen molar-refractivity contribution in [2.75, 3.05) is 0 Å². The summed E-state index contributed by atoms with van der Waals surface area (Å²) >= 11 is 0. The molecule has 2 aromatic heterocycles. The molecule has 37 heavy (non-hydrogen) atoms. The lowest BCUT2D eigenvalue weighted by Gasteiger charge is -2.13. The predicted molar refractivity (Wildman–Crippen MR) is 127 cm³/mol. The Hall–Kier alpha value is -4.02. The van der Waals surface area contributed by atoms with Gasteiger partial charge in [0.2, 0.25) is 0 Å². The topological polar surface area (TPSA) is 91.4 Å². The zero-order chi connectivity index (χ0) is 26.5. The Labute approximate surface area is 210 Å². The number of aliphatic carboxylic acids is 1. The van der Waals surface area contributed by atoms with Gasteiger partial charge in [-0.2, -0.15) is 5.10 Å². The molecule has 2 heterocycles. The van der Waals surface area contributed by atoms with Crippen molar-refractivity contribution in [3.8, 4) is 11.5 Å². The monoisotopic (exact) mass is 514 g/mol. The maximum atomic E-state index is 12.6. The molecule has 5 rings (SSSR count). The Morgan fingerprint density at radius 1 is 1.11 bits per heavy atom. The maximum absolute atomic E-state index is 12.6. The smallest absolute Gasteiger partial charge is 0.487 e. The van der Waals surface area contributed by atoms with Crippen LogP contribution in [0.5, 0.6) is 11.5 Å². The number of aromatic nitrogens is 4. The van der Waals surface area contributed by atoms with Crippen LogP contribution in [-0.4, -0.2) is 36.8 Å². The fourth-order valence-electron chi connectivity index (χ4n) is 4.87. The number of halogens is 3. The van der Waals surface area contributed by atoms with E-state index in [-0.39, 0.29) is 24.8 Å². The Kier molecular flexibility index (Phi) is 5.88. The third-order valence-corrected chi connectivity index (χ3v) is 6.77. The molecule has 0 unspecified atom stereocenters. The summed E-state index contributed by atoms with van der Waals surface area (Å²) in [5.74, 6) is -0.906. The predicted octanol–water partition coefficient (Wildman–Crippen LogP) is 5.12. The molecule has 0 saturated heterocycles. The van der Waals surface area contributed by atoms with Crippen molar-refractivity contribution in [2.45, 2.75) is 39.3 Å². The van der Waals surface area contributed by atoms with Crippen LogP contribution in [0, 0.1) is 11.3 Å². The van der Waals surface area contributed by atoms with Gasteiger partial charge in [0.25, 0.3) is 0 Å². The SMILES string of the molecule is Cn1ccc(COc2ccc3nc([C@H]4[C@@H](C(=O)O)C4(C)C)n(Cc4ccc(OC(F)(F)F)cc4)c3c2)n1. The number of rotatable bonds is 8. The van der Waals surface area contributed by atoms with Crippen LogP contribution in [0.25, 0.3) is 11.0 Å². The third-order valence-electron chi connectivity index (χ3n) is 6.77. The van der Waals surface area contributed by atoms with E-state index in [9.17, 15) is 23.1 Å². The zero-order valence-corrected chi connectivity index (χ0v) is 20.4. The van der Waals surface area contributed by atoms with E-state index < -0.39 is 23.7 Å². The first-order valence-electron chi connectivity index (χ1n) is 11.6. The number of carboxylic acid groups (broad SMARTS) is 1. The highest BCUT2D eigenvalue weighted by Gasteiger charge is 2.64. The van der Waals surface area contributed by atoms with Gasteiger partial charge in [0.05, 0.1) is 22.6 Å². The van der Waals surface area contributed by atoms with Crippen molar-refractivity contribution in [3.63, 3.8) is 0 Å². The van der Waals surface area contributed by atoms with Crippen LogP contribution in [-0.2, 0) is 25.0 Å². The first-order valence-corrected chi connectivity index (χ1v) is 11.6. The molecule has 1 aliphatic rings. The van der Waals surface area contributed by atoms with E-state index in [1.54, 1.807) is 22.9 Å². The molecule has 2 atom stereocenters. The minimum absolute atomic E-state index is 0.269. The number of fused-ring (bicyclic) bond motifs is 1. The third kappa shape index (κ3) is 4.98. The summed E-state index contributed by atoms with van der Waals surface area (Å²) in [7, 11) is 1.82. The summed E-state index contributed by atoms with van der Waals surface area (Å²) in [6.07, 6.45) is -2.95. The number of imidazole rings is 1. The molecule has 2 aromatic carbocycles. The van der Waals surface area contributed by atoms with E-state index >= 15 is 0 Å². The van der Waals surface area contributed by atoms with Gasteiger partial charge in [-0.3, -0.25) is 9.48 Å². The number of carboxylic acids is 1. The molecule has 194 valence electrons. The van der Waals surface area contributed by atoms with Gasteiger partial charge in [-0.15, -0.1) is 13.2 Å². The van der Waals surface area contributed by atoms with Gasteiger partial charge in [0, 0.05) is 31.8 Å². The van der Waals surface area contributed by atoms with Gasteiger partial charge in [-0.05, 0) is 41.3 Å². The molecule has 1 saturated carbocycles. The average Bonchev–Trinajstić information content (AvgIpc) is 3.08. The van der Waals surface area contributed by atoms with Crippen LogP contribution in [0.2, 0.25) is 0 Å². The molecule has 1 aliphatic carbocycles. The molecule has 0 amide bonds. The lowest BCUT2D eigenvalue weighted by Crippen LogP contribution is -2.17. The number of benzene rings is 2. The van der Waals surface area contributed by atoms with Crippen LogP contribution in [0.3, 0.4) is 0 Å². The van der Waals surface area contributed by atoms with Crippen LogP contribution in [0.4, 0.5) is 13.2 Å². The van der Waals surface area contributed by atoms with Crippen LogP contribution in [0.15, 0.2) is 54.7 Å².